The van der Waals surface area contributed by atoms with Crippen LogP contribution in [-0.4, -0.2) is 19.0 Å². The Morgan fingerprint density at radius 1 is 1.30 bits per heavy atom. The Morgan fingerprint density at radius 2 is 2.04 bits per heavy atom. The normalized spacial score (nSPS) is 14.7. The largest absolute Gasteiger partial charge is 0.418 e. The zero-order chi connectivity index (χ0) is 16.9. The lowest BCUT2D eigenvalue weighted by Gasteiger charge is -2.24. The maximum Gasteiger partial charge on any atom is 0.418 e. The van der Waals surface area contributed by atoms with Gasteiger partial charge >= 0.3 is 6.18 Å². The fraction of sp³-hybridized carbons (Fsp3) is 0.500. The third-order valence-corrected chi connectivity index (χ3v) is 3.90. The zero-order valence-corrected chi connectivity index (χ0v) is 12.5. The standard InChI is InChI=1S/C16H18F3N3O/c17-16(18,19)13-6-5-11(10-20)9-14(13)21-7-2-8-22-15(23)12-3-1-4-12/h5-6,9,12,21H,1-4,7-8H2,(H,22,23). The number of rotatable bonds is 6. The van der Waals surface area contributed by atoms with Crippen molar-refractivity contribution in [1.29, 1.82) is 5.26 Å². The van der Waals surface area contributed by atoms with Gasteiger partial charge in [-0.1, -0.05) is 6.42 Å². The number of nitrogens with one attached hydrogen (secondary N) is 2. The quantitative estimate of drug-likeness (QED) is 0.789. The van der Waals surface area contributed by atoms with Gasteiger partial charge in [0.15, 0.2) is 0 Å². The van der Waals surface area contributed by atoms with E-state index in [4.69, 9.17) is 5.26 Å². The number of carbonyl (C=O) groups excluding carboxylic acids is 1. The van der Waals surface area contributed by atoms with E-state index in [-0.39, 0.29) is 29.6 Å². The highest BCUT2D eigenvalue weighted by atomic mass is 19.4. The van der Waals surface area contributed by atoms with Gasteiger partial charge in [-0.3, -0.25) is 4.79 Å². The summed E-state index contributed by atoms with van der Waals surface area (Å²) in [5.41, 5.74) is -0.740. The van der Waals surface area contributed by atoms with Crippen LogP contribution in [0.2, 0.25) is 0 Å². The van der Waals surface area contributed by atoms with Gasteiger partial charge in [0.1, 0.15) is 0 Å². The predicted molar refractivity (Wildman–Crippen MR) is 79.6 cm³/mol. The Hall–Kier alpha value is -2.23. The van der Waals surface area contributed by atoms with E-state index in [9.17, 15) is 18.0 Å². The summed E-state index contributed by atoms with van der Waals surface area (Å²) in [6, 6.07) is 5.06. The molecule has 2 rings (SSSR count). The van der Waals surface area contributed by atoms with Gasteiger partial charge in [0.25, 0.3) is 0 Å². The first-order valence-corrected chi connectivity index (χ1v) is 7.54. The molecule has 1 aromatic carbocycles. The average Bonchev–Trinajstić information content (AvgIpc) is 2.43. The van der Waals surface area contributed by atoms with Gasteiger partial charge in [0, 0.05) is 24.7 Å². The number of hydrogen-bond acceptors (Lipinski definition) is 3. The monoisotopic (exact) mass is 325 g/mol. The lowest BCUT2D eigenvalue weighted by atomic mass is 9.85. The molecule has 1 aliphatic rings. The van der Waals surface area contributed by atoms with Crippen molar-refractivity contribution >= 4 is 11.6 Å². The van der Waals surface area contributed by atoms with E-state index in [0.717, 1.165) is 31.4 Å². The van der Waals surface area contributed by atoms with Crippen molar-refractivity contribution in [2.45, 2.75) is 31.9 Å². The van der Waals surface area contributed by atoms with Gasteiger partial charge in [-0.05, 0) is 37.5 Å². The molecule has 0 aliphatic heterocycles. The molecule has 2 N–H and O–H groups in total. The molecular weight excluding hydrogens is 307 g/mol. The topological polar surface area (TPSA) is 64.9 Å². The predicted octanol–water partition coefficient (Wildman–Crippen LogP) is 3.30. The molecule has 124 valence electrons. The molecule has 0 heterocycles. The number of anilines is 1. The Labute approximate surface area is 132 Å². The molecule has 4 nitrogen and oxygen atoms in total. The van der Waals surface area contributed by atoms with Crippen molar-refractivity contribution in [3.63, 3.8) is 0 Å². The lowest BCUT2D eigenvalue weighted by molar-refractivity contribution is -0.137. The fourth-order valence-electron chi connectivity index (χ4n) is 2.35. The molecular formula is C16H18F3N3O. The van der Waals surface area contributed by atoms with E-state index >= 15 is 0 Å². The summed E-state index contributed by atoms with van der Waals surface area (Å²) in [6.45, 7) is 0.699. The number of amides is 1. The Balaban J connectivity index is 1.84. The van der Waals surface area contributed by atoms with Gasteiger partial charge in [-0.15, -0.1) is 0 Å². The van der Waals surface area contributed by atoms with Crippen LogP contribution in [0.4, 0.5) is 18.9 Å². The van der Waals surface area contributed by atoms with Crippen LogP contribution < -0.4 is 10.6 Å². The minimum absolute atomic E-state index is 0.0266. The summed E-state index contributed by atoms with van der Waals surface area (Å²) < 4.78 is 38.8. The molecule has 0 saturated heterocycles. The highest BCUT2D eigenvalue weighted by molar-refractivity contribution is 5.79. The SMILES string of the molecule is N#Cc1ccc(C(F)(F)F)c(NCCCNC(=O)C2CCC2)c1. The number of halogens is 3. The summed E-state index contributed by atoms with van der Waals surface area (Å²) in [7, 11) is 0. The van der Waals surface area contributed by atoms with E-state index in [0.29, 0.717) is 13.0 Å². The minimum Gasteiger partial charge on any atom is -0.384 e. The van der Waals surface area contributed by atoms with Crippen molar-refractivity contribution in [2.24, 2.45) is 5.92 Å². The van der Waals surface area contributed by atoms with Crippen LogP contribution in [0.5, 0.6) is 0 Å². The number of nitrogens with zero attached hydrogens (tertiary/aromatic N) is 1. The fourth-order valence-corrected chi connectivity index (χ4v) is 2.35. The zero-order valence-electron chi connectivity index (χ0n) is 12.5. The van der Waals surface area contributed by atoms with Gasteiger partial charge in [-0.2, -0.15) is 18.4 Å². The van der Waals surface area contributed by atoms with Crippen LogP contribution in [0, 0.1) is 17.2 Å². The van der Waals surface area contributed by atoms with Gasteiger partial charge in [-0.25, -0.2) is 0 Å². The first-order chi connectivity index (χ1) is 10.9. The first kappa shape index (κ1) is 17.1. The molecule has 0 atom stereocenters. The van der Waals surface area contributed by atoms with E-state index in [1.165, 1.54) is 6.07 Å². The summed E-state index contributed by atoms with van der Waals surface area (Å²) in [5, 5.41) is 14.3. The van der Waals surface area contributed by atoms with Crippen molar-refractivity contribution in [2.75, 3.05) is 18.4 Å². The highest BCUT2D eigenvalue weighted by Crippen LogP contribution is 2.35. The lowest BCUT2D eigenvalue weighted by Crippen LogP contribution is -2.35. The summed E-state index contributed by atoms with van der Waals surface area (Å²) in [5.74, 6) is 0.130. The smallest absolute Gasteiger partial charge is 0.384 e. The first-order valence-electron chi connectivity index (χ1n) is 7.54. The van der Waals surface area contributed by atoms with Crippen LogP contribution >= 0.6 is 0 Å². The van der Waals surface area contributed by atoms with Gasteiger partial charge in [0.2, 0.25) is 5.91 Å². The maximum atomic E-state index is 12.9. The highest BCUT2D eigenvalue weighted by Gasteiger charge is 2.33. The maximum absolute atomic E-state index is 12.9. The Kier molecular flexibility index (Phi) is 5.48. The molecule has 0 unspecified atom stereocenters. The number of hydrogen-bond donors (Lipinski definition) is 2. The third kappa shape index (κ3) is 4.62. The Bertz CT molecular complexity index is 604. The van der Waals surface area contributed by atoms with Crippen LogP contribution in [0.15, 0.2) is 18.2 Å². The second-order valence-corrected chi connectivity index (χ2v) is 5.57. The minimum atomic E-state index is -4.48. The van der Waals surface area contributed by atoms with E-state index < -0.39 is 11.7 Å². The number of benzene rings is 1. The van der Waals surface area contributed by atoms with E-state index in [1.807, 2.05) is 6.07 Å². The van der Waals surface area contributed by atoms with Crippen LogP contribution in [-0.2, 0) is 11.0 Å². The number of carbonyl (C=O) groups is 1. The summed E-state index contributed by atoms with van der Waals surface area (Å²) >= 11 is 0. The number of nitriles is 1. The summed E-state index contributed by atoms with van der Waals surface area (Å²) in [4.78, 5) is 11.6. The third-order valence-electron chi connectivity index (χ3n) is 3.90. The van der Waals surface area contributed by atoms with Crippen molar-refractivity contribution in [3.8, 4) is 6.07 Å². The Morgan fingerprint density at radius 3 is 2.61 bits per heavy atom. The van der Waals surface area contributed by atoms with Crippen LogP contribution in [0.3, 0.4) is 0 Å². The van der Waals surface area contributed by atoms with Crippen LogP contribution in [0.1, 0.15) is 36.8 Å². The second kappa shape index (κ2) is 7.36. The molecule has 0 aromatic heterocycles. The molecule has 1 aliphatic carbocycles. The van der Waals surface area contributed by atoms with Crippen molar-refractivity contribution in [3.05, 3.63) is 29.3 Å². The van der Waals surface area contributed by atoms with Gasteiger partial charge in [0.05, 0.1) is 17.2 Å². The molecule has 1 fully saturated rings. The summed E-state index contributed by atoms with van der Waals surface area (Å²) in [6.07, 6.45) is -1.06. The van der Waals surface area contributed by atoms with Crippen molar-refractivity contribution in [1.82, 2.24) is 5.32 Å². The molecule has 0 radical (unpaired) electrons. The molecule has 0 spiro atoms. The molecule has 1 aromatic rings. The molecule has 23 heavy (non-hydrogen) atoms. The van der Waals surface area contributed by atoms with E-state index in [2.05, 4.69) is 10.6 Å². The van der Waals surface area contributed by atoms with E-state index in [1.54, 1.807) is 0 Å². The average molecular weight is 325 g/mol. The van der Waals surface area contributed by atoms with Crippen LogP contribution in [0.25, 0.3) is 0 Å². The second-order valence-electron chi connectivity index (χ2n) is 5.57. The molecule has 1 saturated carbocycles. The number of alkyl halides is 3. The van der Waals surface area contributed by atoms with Crippen molar-refractivity contribution < 1.29 is 18.0 Å². The molecule has 7 heteroatoms. The molecule has 0 bridgehead atoms. The molecule has 1 amide bonds. The van der Waals surface area contributed by atoms with Gasteiger partial charge < -0.3 is 10.6 Å².